The molecule has 1 amide bonds. The standard InChI is InChI=1S/C21H22N6O3S/c1-29-15-4-2-5-16(10-15)30-13-19(28)22-7-8-27-21-18(12-26-27)20(24-14-25-21)23-11-17-6-3-9-31-17/h2-6,9-10,12,14H,7-8,11,13H2,1H3,(H,22,28)(H,23,24,25). The molecule has 0 fully saturated rings. The summed E-state index contributed by atoms with van der Waals surface area (Å²) >= 11 is 1.69. The summed E-state index contributed by atoms with van der Waals surface area (Å²) in [6, 6.07) is 11.2. The van der Waals surface area contributed by atoms with Gasteiger partial charge in [0, 0.05) is 17.5 Å². The van der Waals surface area contributed by atoms with Crippen LogP contribution in [0.1, 0.15) is 4.88 Å². The van der Waals surface area contributed by atoms with Gasteiger partial charge in [0.2, 0.25) is 0 Å². The maximum Gasteiger partial charge on any atom is 0.258 e. The summed E-state index contributed by atoms with van der Waals surface area (Å²) in [6.45, 7) is 1.50. The Kier molecular flexibility index (Phi) is 6.58. The number of aromatic nitrogens is 4. The van der Waals surface area contributed by atoms with Gasteiger partial charge in [0.1, 0.15) is 23.6 Å². The molecule has 1 aromatic carbocycles. The topological polar surface area (TPSA) is 103 Å². The third-order valence-electron chi connectivity index (χ3n) is 4.50. The minimum Gasteiger partial charge on any atom is -0.497 e. The number of carbonyl (C=O) groups is 1. The van der Waals surface area contributed by atoms with Crippen LogP contribution in [0.2, 0.25) is 0 Å². The number of nitrogens with one attached hydrogen (secondary N) is 2. The van der Waals surface area contributed by atoms with Crippen molar-refractivity contribution in [1.29, 1.82) is 0 Å². The first-order valence-corrected chi connectivity index (χ1v) is 10.6. The van der Waals surface area contributed by atoms with Gasteiger partial charge in [-0.15, -0.1) is 11.3 Å². The highest BCUT2D eigenvalue weighted by atomic mass is 32.1. The van der Waals surface area contributed by atoms with E-state index >= 15 is 0 Å². The van der Waals surface area contributed by atoms with Crippen molar-refractivity contribution in [3.8, 4) is 11.5 Å². The van der Waals surface area contributed by atoms with E-state index < -0.39 is 0 Å². The van der Waals surface area contributed by atoms with Gasteiger partial charge in [-0.3, -0.25) is 4.79 Å². The Bertz CT molecular complexity index is 1150. The fourth-order valence-corrected chi connectivity index (χ4v) is 3.62. The zero-order valence-corrected chi connectivity index (χ0v) is 17.8. The van der Waals surface area contributed by atoms with Crippen LogP contribution in [0.25, 0.3) is 11.0 Å². The Labute approximate surface area is 183 Å². The van der Waals surface area contributed by atoms with E-state index in [4.69, 9.17) is 9.47 Å². The Morgan fingerprint density at radius 3 is 2.94 bits per heavy atom. The van der Waals surface area contributed by atoms with Crippen molar-refractivity contribution in [3.05, 3.63) is 59.2 Å². The number of carbonyl (C=O) groups excluding carboxylic acids is 1. The number of hydrogen-bond donors (Lipinski definition) is 2. The number of amides is 1. The molecular weight excluding hydrogens is 416 g/mol. The van der Waals surface area contributed by atoms with E-state index in [1.54, 1.807) is 47.5 Å². The molecule has 0 aliphatic heterocycles. The zero-order valence-electron chi connectivity index (χ0n) is 16.9. The van der Waals surface area contributed by atoms with E-state index in [2.05, 4.69) is 31.8 Å². The number of ether oxygens (including phenoxy) is 2. The molecule has 0 saturated heterocycles. The fourth-order valence-electron chi connectivity index (χ4n) is 2.97. The van der Waals surface area contributed by atoms with Crippen molar-refractivity contribution < 1.29 is 14.3 Å². The maximum atomic E-state index is 12.1. The van der Waals surface area contributed by atoms with Crippen LogP contribution < -0.4 is 20.1 Å². The molecule has 4 aromatic rings. The second-order valence-electron chi connectivity index (χ2n) is 6.58. The molecule has 0 aliphatic carbocycles. The van der Waals surface area contributed by atoms with Crippen LogP contribution >= 0.6 is 11.3 Å². The van der Waals surface area contributed by atoms with Gasteiger partial charge in [-0.25, -0.2) is 14.6 Å². The lowest BCUT2D eigenvalue weighted by molar-refractivity contribution is -0.123. The number of fused-ring (bicyclic) bond motifs is 1. The summed E-state index contributed by atoms with van der Waals surface area (Å²) in [6.07, 6.45) is 3.25. The van der Waals surface area contributed by atoms with Gasteiger partial charge in [0.05, 0.1) is 31.8 Å². The Morgan fingerprint density at radius 1 is 1.19 bits per heavy atom. The first-order chi connectivity index (χ1) is 15.2. The SMILES string of the molecule is COc1cccc(OCC(=O)NCCn2ncc3c(NCc4cccs4)ncnc32)c1. The van der Waals surface area contributed by atoms with Crippen molar-refractivity contribution in [2.24, 2.45) is 0 Å². The molecule has 0 radical (unpaired) electrons. The molecule has 9 nitrogen and oxygen atoms in total. The van der Waals surface area contributed by atoms with E-state index in [-0.39, 0.29) is 12.5 Å². The van der Waals surface area contributed by atoms with Gasteiger partial charge in [-0.2, -0.15) is 5.10 Å². The molecule has 3 heterocycles. The Balaban J connectivity index is 1.28. The van der Waals surface area contributed by atoms with Crippen LogP contribution in [-0.4, -0.2) is 45.9 Å². The molecule has 4 rings (SSSR count). The van der Waals surface area contributed by atoms with Gasteiger partial charge in [-0.05, 0) is 23.6 Å². The van der Waals surface area contributed by atoms with E-state index in [0.29, 0.717) is 36.8 Å². The molecule has 0 spiro atoms. The summed E-state index contributed by atoms with van der Waals surface area (Å²) in [5.74, 6) is 1.77. The smallest absolute Gasteiger partial charge is 0.258 e. The van der Waals surface area contributed by atoms with Crippen molar-refractivity contribution in [3.63, 3.8) is 0 Å². The zero-order chi connectivity index (χ0) is 21.5. The van der Waals surface area contributed by atoms with E-state index in [1.165, 1.54) is 11.2 Å². The number of methoxy groups -OCH3 is 1. The molecule has 0 atom stereocenters. The van der Waals surface area contributed by atoms with Gasteiger partial charge in [0.15, 0.2) is 12.3 Å². The lowest BCUT2D eigenvalue weighted by Crippen LogP contribution is -2.31. The molecular formula is C21H22N6O3S. The van der Waals surface area contributed by atoms with Gasteiger partial charge < -0.3 is 20.1 Å². The van der Waals surface area contributed by atoms with Crippen LogP contribution in [0.3, 0.4) is 0 Å². The fraction of sp³-hybridized carbons (Fsp3) is 0.238. The van der Waals surface area contributed by atoms with E-state index in [0.717, 1.165) is 11.2 Å². The number of benzene rings is 1. The minimum atomic E-state index is -0.216. The van der Waals surface area contributed by atoms with Crippen LogP contribution in [0.4, 0.5) is 5.82 Å². The van der Waals surface area contributed by atoms with Crippen LogP contribution in [0.15, 0.2) is 54.3 Å². The Morgan fingerprint density at radius 2 is 2.10 bits per heavy atom. The number of anilines is 1. The molecule has 2 N–H and O–H groups in total. The van der Waals surface area contributed by atoms with E-state index in [1.807, 2.05) is 17.5 Å². The average molecular weight is 439 g/mol. The molecule has 31 heavy (non-hydrogen) atoms. The Hall–Kier alpha value is -3.66. The normalized spacial score (nSPS) is 10.7. The largest absolute Gasteiger partial charge is 0.497 e. The number of hydrogen-bond acceptors (Lipinski definition) is 8. The highest BCUT2D eigenvalue weighted by molar-refractivity contribution is 7.09. The summed E-state index contributed by atoms with van der Waals surface area (Å²) in [5, 5.41) is 13.4. The lowest BCUT2D eigenvalue weighted by atomic mass is 10.3. The highest BCUT2D eigenvalue weighted by Gasteiger charge is 2.10. The molecule has 3 aromatic heterocycles. The van der Waals surface area contributed by atoms with Crippen LogP contribution in [0.5, 0.6) is 11.5 Å². The number of nitrogens with zero attached hydrogens (tertiary/aromatic N) is 4. The third kappa shape index (κ3) is 5.28. The first-order valence-electron chi connectivity index (χ1n) is 9.69. The quantitative estimate of drug-likeness (QED) is 0.392. The predicted octanol–water partition coefficient (Wildman–Crippen LogP) is 2.70. The second-order valence-corrected chi connectivity index (χ2v) is 7.61. The van der Waals surface area contributed by atoms with E-state index in [9.17, 15) is 4.79 Å². The summed E-state index contributed by atoms with van der Waals surface area (Å²) < 4.78 is 12.4. The molecule has 0 aliphatic rings. The van der Waals surface area contributed by atoms with Gasteiger partial charge >= 0.3 is 0 Å². The highest BCUT2D eigenvalue weighted by Crippen LogP contribution is 2.20. The summed E-state index contributed by atoms with van der Waals surface area (Å²) in [7, 11) is 1.58. The molecule has 160 valence electrons. The first kappa shape index (κ1) is 20.6. The van der Waals surface area contributed by atoms with Crippen molar-refractivity contribution in [2.45, 2.75) is 13.1 Å². The van der Waals surface area contributed by atoms with Crippen molar-refractivity contribution in [2.75, 3.05) is 25.6 Å². The monoisotopic (exact) mass is 438 g/mol. The lowest BCUT2D eigenvalue weighted by Gasteiger charge is -2.09. The van der Waals surface area contributed by atoms with Crippen LogP contribution in [-0.2, 0) is 17.9 Å². The molecule has 0 bridgehead atoms. The molecule has 0 saturated carbocycles. The average Bonchev–Trinajstić information content (AvgIpc) is 3.47. The van der Waals surface area contributed by atoms with Crippen LogP contribution in [0, 0.1) is 0 Å². The van der Waals surface area contributed by atoms with Gasteiger partial charge in [0.25, 0.3) is 5.91 Å². The summed E-state index contributed by atoms with van der Waals surface area (Å²) in [4.78, 5) is 22.0. The van der Waals surface area contributed by atoms with Gasteiger partial charge in [-0.1, -0.05) is 12.1 Å². The minimum absolute atomic E-state index is 0.0774. The predicted molar refractivity (Wildman–Crippen MR) is 118 cm³/mol. The number of thiophene rings is 1. The summed E-state index contributed by atoms with van der Waals surface area (Å²) in [5.41, 5.74) is 0.713. The second kappa shape index (κ2) is 9.90. The third-order valence-corrected chi connectivity index (χ3v) is 5.38. The maximum absolute atomic E-state index is 12.1. The number of rotatable bonds is 10. The van der Waals surface area contributed by atoms with Crippen molar-refractivity contribution >= 4 is 34.1 Å². The molecule has 10 heteroatoms. The van der Waals surface area contributed by atoms with Crippen molar-refractivity contribution in [1.82, 2.24) is 25.1 Å². The molecule has 0 unspecified atom stereocenters.